The number of esters is 1. The van der Waals surface area contributed by atoms with Crippen LogP contribution in [-0.2, 0) is 23.8 Å². The number of hydrogen-bond acceptors (Lipinski definition) is 6. The summed E-state index contributed by atoms with van der Waals surface area (Å²) >= 11 is 0. The maximum absolute atomic E-state index is 13.0. The summed E-state index contributed by atoms with van der Waals surface area (Å²) in [6.07, 6.45) is 0.744. The molecule has 3 heterocycles. The minimum atomic E-state index is -1.62. The highest BCUT2D eigenvalue weighted by Crippen LogP contribution is 2.46. The molecule has 0 N–H and O–H groups in total. The van der Waals surface area contributed by atoms with Crippen LogP contribution < -0.4 is 0 Å². The van der Waals surface area contributed by atoms with Crippen molar-refractivity contribution in [3.63, 3.8) is 0 Å². The number of nitrogens with zero attached hydrogens (tertiary/aromatic N) is 1. The molecule has 0 saturated carbocycles. The number of rotatable bonds is 3. The van der Waals surface area contributed by atoms with E-state index in [9.17, 15) is 14.4 Å². The van der Waals surface area contributed by atoms with Gasteiger partial charge in [-0.2, -0.15) is 0 Å². The third-order valence-electron chi connectivity index (χ3n) is 5.31. The van der Waals surface area contributed by atoms with E-state index in [2.05, 4.69) is 0 Å². The molecule has 7 nitrogen and oxygen atoms in total. The van der Waals surface area contributed by atoms with Crippen molar-refractivity contribution in [3.8, 4) is 0 Å². The molecule has 2 fully saturated rings. The molecule has 0 aromatic heterocycles. The van der Waals surface area contributed by atoms with Gasteiger partial charge in [0.05, 0.1) is 19.3 Å². The highest BCUT2D eigenvalue weighted by Gasteiger charge is 2.64. The van der Waals surface area contributed by atoms with E-state index in [1.54, 1.807) is 13.0 Å². The molecule has 0 aliphatic carbocycles. The Morgan fingerprint density at radius 2 is 2.00 bits per heavy atom. The Morgan fingerprint density at radius 1 is 1.27 bits per heavy atom. The number of Topliss-reactive ketones (excluding diaryl/α,β-unsaturated/α-hetero) is 1. The van der Waals surface area contributed by atoms with Gasteiger partial charge >= 0.3 is 12.1 Å². The van der Waals surface area contributed by atoms with E-state index >= 15 is 0 Å². The van der Waals surface area contributed by atoms with Crippen molar-refractivity contribution >= 4 is 17.8 Å². The standard InChI is InChI=1S/C19H19NO6/c1-11-8-13-9-15(21)16(19(11,26-13)17(22)24-2)20-14(10-25-18(20)23)12-6-4-3-5-7-12/h3-8,13-14,16H,9-10H2,1-2H3/t13-,14-,16?,19+/m0/s1. The van der Waals surface area contributed by atoms with Gasteiger partial charge in [0.25, 0.3) is 0 Å². The molecule has 3 aliphatic rings. The van der Waals surface area contributed by atoms with E-state index in [1.807, 2.05) is 30.3 Å². The second kappa shape index (κ2) is 5.95. The molecule has 136 valence electrons. The van der Waals surface area contributed by atoms with Crippen LogP contribution in [0.5, 0.6) is 0 Å². The van der Waals surface area contributed by atoms with Crippen molar-refractivity contribution in [2.75, 3.05) is 13.7 Å². The molecule has 3 aliphatic heterocycles. The van der Waals surface area contributed by atoms with Crippen LogP contribution in [0.3, 0.4) is 0 Å². The number of carbonyl (C=O) groups excluding carboxylic acids is 3. The molecule has 4 rings (SSSR count). The molecule has 1 unspecified atom stereocenters. The summed E-state index contributed by atoms with van der Waals surface area (Å²) in [5, 5.41) is 0. The first-order valence-corrected chi connectivity index (χ1v) is 8.47. The van der Waals surface area contributed by atoms with Crippen molar-refractivity contribution in [1.82, 2.24) is 4.90 Å². The third-order valence-corrected chi connectivity index (χ3v) is 5.31. The number of ether oxygens (including phenoxy) is 3. The maximum atomic E-state index is 13.0. The lowest BCUT2D eigenvalue weighted by molar-refractivity contribution is -0.184. The van der Waals surface area contributed by atoms with Gasteiger partial charge in [-0.25, -0.2) is 9.59 Å². The van der Waals surface area contributed by atoms with E-state index in [1.165, 1.54) is 12.0 Å². The Labute approximate surface area is 150 Å². The van der Waals surface area contributed by atoms with Gasteiger partial charge < -0.3 is 14.2 Å². The normalized spacial score (nSPS) is 33.1. The average Bonchev–Trinajstić information content (AvgIpc) is 3.14. The van der Waals surface area contributed by atoms with Crippen molar-refractivity contribution in [1.29, 1.82) is 0 Å². The Bertz CT molecular complexity index is 804. The highest BCUT2D eigenvalue weighted by molar-refractivity contribution is 6.00. The molecule has 1 aromatic carbocycles. The summed E-state index contributed by atoms with van der Waals surface area (Å²) in [5.74, 6) is -0.919. The van der Waals surface area contributed by atoms with Crippen LogP contribution >= 0.6 is 0 Å². The number of carbonyl (C=O) groups is 3. The number of amides is 1. The first kappa shape index (κ1) is 16.8. The number of hydrogen-bond donors (Lipinski definition) is 0. The minimum absolute atomic E-state index is 0.103. The summed E-state index contributed by atoms with van der Waals surface area (Å²) in [5.41, 5.74) is -0.213. The number of benzene rings is 1. The van der Waals surface area contributed by atoms with E-state index in [0.29, 0.717) is 5.57 Å². The summed E-state index contributed by atoms with van der Waals surface area (Å²) in [7, 11) is 1.24. The zero-order chi connectivity index (χ0) is 18.5. The largest absolute Gasteiger partial charge is 0.467 e. The van der Waals surface area contributed by atoms with E-state index in [0.717, 1.165) is 5.56 Å². The Balaban J connectivity index is 1.82. The lowest BCUT2D eigenvalue weighted by atomic mass is 9.82. The zero-order valence-corrected chi connectivity index (χ0v) is 14.5. The number of methoxy groups -OCH3 is 1. The van der Waals surface area contributed by atoms with Gasteiger partial charge in [-0.3, -0.25) is 9.69 Å². The van der Waals surface area contributed by atoms with Crippen molar-refractivity contribution in [2.45, 2.75) is 37.1 Å². The van der Waals surface area contributed by atoms with Crippen LogP contribution in [0.2, 0.25) is 0 Å². The predicted molar refractivity (Wildman–Crippen MR) is 89.2 cm³/mol. The third kappa shape index (κ3) is 2.20. The molecular weight excluding hydrogens is 338 g/mol. The maximum Gasteiger partial charge on any atom is 0.411 e. The Morgan fingerprint density at radius 3 is 2.69 bits per heavy atom. The van der Waals surface area contributed by atoms with Crippen molar-refractivity contribution in [2.24, 2.45) is 0 Å². The minimum Gasteiger partial charge on any atom is -0.467 e. The summed E-state index contributed by atoms with van der Waals surface area (Å²) in [6, 6.07) is 7.69. The van der Waals surface area contributed by atoms with Crippen LogP contribution in [0.15, 0.2) is 42.0 Å². The lowest BCUT2D eigenvalue weighted by Crippen LogP contribution is -2.65. The zero-order valence-electron chi connectivity index (χ0n) is 14.5. The number of cyclic esters (lactones) is 1. The van der Waals surface area contributed by atoms with Crippen molar-refractivity contribution < 1.29 is 28.6 Å². The van der Waals surface area contributed by atoms with Crippen LogP contribution in [0, 0.1) is 0 Å². The van der Waals surface area contributed by atoms with Crippen molar-refractivity contribution in [3.05, 3.63) is 47.5 Å². The van der Waals surface area contributed by atoms with E-state index < -0.39 is 35.9 Å². The average molecular weight is 357 g/mol. The van der Waals surface area contributed by atoms with Gasteiger partial charge in [0, 0.05) is 6.42 Å². The Hall–Kier alpha value is -2.67. The molecule has 26 heavy (non-hydrogen) atoms. The van der Waals surface area contributed by atoms with Gasteiger partial charge in [-0.05, 0) is 18.1 Å². The van der Waals surface area contributed by atoms with E-state index in [-0.39, 0.29) is 18.8 Å². The fourth-order valence-electron chi connectivity index (χ4n) is 4.16. The van der Waals surface area contributed by atoms with Crippen LogP contribution in [0.25, 0.3) is 0 Å². The van der Waals surface area contributed by atoms with Gasteiger partial charge in [0.15, 0.2) is 5.78 Å². The first-order chi connectivity index (χ1) is 12.5. The monoisotopic (exact) mass is 357 g/mol. The van der Waals surface area contributed by atoms with Gasteiger partial charge in [-0.1, -0.05) is 36.4 Å². The molecule has 1 aromatic rings. The molecule has 2 saturated heterocycles. The summed E-state index contributed by atoms with van der Waals surface area (Å²) in [6.45, 7) is 1.83. The SMILES string of the molecule is COC(=O)[C@@]12O[C@@H](C=C1C)CC(=O)C2N1C(=O)OC[C@H]1c1ccccc1. The molecule has 2 bridgehead atoms. The van der Waals surface area contributed by atoms with Crippen LogP contribution in [-0.4, -0.2) is 54.2 Å². The second-order valence-electron chi connectivity index (χ2n) is 6.72. The van der Waals surface area contributed by atoms with Crippen LogP contribution in [0.1, 0.15) is 24.9 Å². The topological polar surface area (TPSA) is 82.1 Å². The molecule has 4 atom stereocenters. The molecular formula is C19H19NO6. The van der Waals surface area contributed by atoms with Gasteiger partial charge in [0.1, 0.15) is 12.6 Å². The molecule has 0 radical (unpaired) electrons. The fraction of sp³-hybridized carbons (Fsp3) is 0.421. The summed E-state index contributed by atoms with van der Waals surface area (Å²) in [4.78, 5) is 39.6. The summed E-state index contributed by atoms with van der Waals surface area (Å²) < 4.78 is 16.1. The number of ketones is 1. The first-order valence-electron chi connectivity index (χ1n) is 8.47. The number of fused-ring (bicyclic) bond motifs is 2. The van der Waals surface area contributed by atoms with E-state index in [4.69, 9.17) is 14.2 Å². The molecule has 7 heteroatoms. The molecule has 1 amide bonds. The van der Waals surface area contributed by atoms with Gasteiger partial charge in [0.2, 0.25) is 5.60 Å². The second-order valence-corrected chi connectivity index (χ2v) is 6.72. The Kier molecular flexibility index (Phi) is 3.84. The quantitative estimate of drug-likeness (QED) is 0.606. The molecule has 0 spiro atoms. The predicted octanol–water partition coefficient (Wildman–Crippen LogP) is 1.78. The fourth-order valence-corrected chi connectivity index (χ4v) is 4.16. The smallest absolute Gasteiger partial charge is 0.411 e. The van der Waals surface area contributed by atoms with Crippen LogP contribution in [0.4, 0.5) is 4.79 Å². The van der Waals surface area contributed by atoms with Gasteiger partial charge in [-0.15, -0.1) is 0 Å². The lowest BCUT2D eigenvalue weighted by Gasteiger charge is -2.43. The highest BCUT2D eigenvalue weighted by atomic mass is 16.6.